The summed E-state index contributed by atoms with van der Waals surface area (Å²) >= 11 is 5.09. The Morgan fingerprint density at radius 2 is 2.04 bits per heavy atom. The number of ether oxygens (including phenoxy) is 1. The number of rotatable bonds is 5. The van der Waals surface area contributed by atoms with Crippen molar-refractivity contribution in [1.29, 1.82) is 0 Å². The number of aromatic amines is 1. The second-order valence-electron chi connectivity index (χ2n) is 6.23. The molecule has 134 valence electrons. The lowest BCUT2D eigenvalue weighted by Gasteiger charge is -2.18. The summed E-state index contributed by atoms with van der Waals surface area (Å²) in [4.78, 5) is 39.4. The number of fused-ring (bicyclic) bond motifs is 1. The maximum atomic E-state index is 12.5. The highest BCUT2D eigenvalue weighted by atomic mass is 32.1. The molecule has 1 amide bonds. The number of benzene rings is 1. The molecule has 7 nitrogen and oxygen atoms in total. The number of nitrogens with zero attached hydrogens (tertiary/aromatic N) is 1. The molecule has 0 aliphatic heterocycles. The Balaban J connectivity index is 2.35. The normalized spacial score (nSPS) is 12.2. The van der Waals surface area contributed by atoms with E-state index < -0.39 is 17.9 Å². The Labute approximate surface area is 150 Å². The summed E-state index contributed by atoms with van der Waals surface area (Å²) in [6.45, 7) is 3.90. The van der Waals surface area contributed by atoms with Crippen LogP contribution < -0.4 is 10.9 Å². The molecule has 2 N–H and O–H groups in total. The van der Waals surface area contributed by atoms with Gasteiger partial charge in [-0.15, -0.1) is 0 Å². The van der Waals surface area contributed by atoms with Crippen molar-refractivity contribution in [2.75, 3.05) is 7.11 Å². The average molecular weight is 363 g/mol. The van der Waals surface area contributed by atoms with Gasteiger partial charge in [0.05, 0.1) is 18.0 Å². The van der Waals surface area contributed by atoms with Gasteiger partial charge < -0.3 is 15.0 Å². The predicted molar refractivity (Wildman–Crippen MR) is 97.1 cm³/mol. The number of aromatic nitrogens is 2. The van der Waals surface area contributed by atoms with Gasteiger partial charge in [-0.1, -0.05) is 13.8 Å². The molecule has 2 aromatic rings. The van der Waals surface area contributed by atoms with Gasteiger partial charge >= 0.3 is 5.97 Å². The lowest BCUT2D eigenvalue weighted by atomic mass is 10.0. The third-order valence-electron chi connectivity index (χ3n) is 3.86. The van der Waals surface area contributed by atoms with Crippen LogP contribution in [0.15, 0.2) is 23.0 Å². The number of carbonyl (C=O) groups excluding carboxylic acids is 2. The zero-order valence-electron chi connectivity index (χ0n) is 14.6. The Bertz CT molecular complexity index is 930. The van der Waals surface area contributed by atoms with Gasteiger partial charge in [-0.3, -0.25) is 14.2 Å². The van der Waals surface area contributed by atoms with E-state index in [4.69, 9.17) is 17.0 Å². The first-order valence-electron chi connectivity index (χ1n) is 7.86. The van der Waals surface area contributed by atoms with Crippen molar-refractivity contribution in [3.05, 3.63) is 38.9 Å². The maximum absolute atomic E-state index is 12.5. The summed E-state index contributed by atoms with van der Waals surface area (Å²) in [7, 11) is 2.86. The van der Waals surface area contributed by atoms with Crippen LogP contribution in [0.25, 0.3) is 10.9 Å². The van der Waals surface area contributed by atoms with E-state index in [9.17, 15) is 14.4 Å². The second-order valence-corrected chi connectivity index (χ2v) is 6.62. The largest absolute Gasteiger partial charge is 0.467 e. The van der Waals surface area contributed by atoms with Gasteiger partial charge in [-0.05, 0) is 42.8 Å². The van der Waals surface area contributed by atoms with Crippen molar-refractivity contribution in [1.82, 2.24) is 14.9 Å². The topological polar surface area (TPSA) is 93.2 Å². The lowest BCUT2D eigenvalue weighted by Crippen LogP contribution is -2.42. The molecular formula is C17H21N3O4S. The van der Waals surface area contributed by atoms with Crippen molar-refractivity contribution >= 4 is 35.0 Å². The van der Waals surface area contributed by atoms with Gasteiger partial charge in [-0.25, -0.2) is 4.79 Å². The van der Waals surface area contributed by atoms with Gasteiger partial charge in [0.1, 0.15) is 6.04 Å². The smallest absolute Gasteiger partial charge is 0.328 e. The van der Waals surface area contributed by atoms with Gasteiger partial charge in [0.15, 0.2) is 4.77 Å². The number of H-pyrrole nitrogens is 1. The van der Waals surface area contributed by atoms with Crippen molar-refractivity contribution in [3.8, 4) is 0 Å². The molecule has 0 aliphatic carbocycles. The third kappa shape index (κ3) is 4.14. The Morgan fingerprint density at radius 3 is 2.64 bits per heavy atom. The van der Waals surface area contributed by atoms with E-state index in [0.29, 0.717) is 22.9 Å². The van der Waals surface area contributed by atoms with E-state index in [1.54, 1.807) is 25.2 Å². The quantitative estimate of drug-likeness (QED) is 0.625. The number of methoxy groups -OCH3 is 1. The van der Waals surface area contributed by atoms with Crippen LogP contribution in [0.4, 0.5) is 0 Å². The fraction of sp³-hybridized carbons (Fsp3) is 0.412. The average Bonchev–Trinajstić information content (AvgIpc) is 2.57. The van der Waals surface area contributed by atoms with E-state index in [0.717, 1.165) is 0 Å². The molecule has 1 unspecified atom stereocenters. The minimum Gasteiger partial charge on any atom is -0.467 e. The minimum atomic E-state index is -0.727. The predicted octanol–water partition coefficient (Wildman–Crippen LogP) is 1.91. The first kappa shape index (κ1) is 18.9. The summed E-state index contributed by atoms with van der Waals surface area (Å²) in [5.74, 6) is -0.700. The van der Waals surface area contributed by atoms with Crippen molar-refractivity contribution in [2.24, 2.45) is 13.0 Å². The number of hydrogen-bond donors (Lipinski definition) is 2. The molecule has 0 saturated heterocycles. The van der Waals surface area contributed by atoms with E-state index in [2.05, 4.69) is 10.3 Å². The fourth-order valence-electron chi connectivity index (χ4n) is 2.52. The van der Waals surface area contributed by atoms with E-state index in [1.807, 2.05) is 13.8 Å². The zero-order chi connectivity index (χ0) is 18.7. The number of nitrogens with one attached hydrogen (secondary N) is 2. The first-order chi connectivity index (χ1) is 11.7. The number of esters is 1. The summed E-state index contributed by atoms with van der Waals surface area (Å²) in [6, 6.07) is 3.92. The maximum Gasteiger partial charge on any atom is 0.328 e. The highest BCUT2D eigenvalue weighted by molar-refractivity contribution is 7.71. The summed E-state index contributed by atoms with van der Waals surface area (Å²) in [5, 5.41) is 3.11. The molecule has 0 aliphatic rings. The molecule has 0 saturated carbocycles. The van der Waals surface area contributed by atoms with Gasteiger partial charge in [0.2, 0.25) is 0 Å². The molecule has 1 aromatic carbocycles. The van der Waals surface area contributed by atoms with Crippen LogP contribution in [0.5, 0.6) is 0 Å². The van der Waals surface area contributed by atoms with Crippen LogP contribution in [-0.2, 0) is 16.6 Å². The Morgan fingerprint density at radius 1 is 1.36 bits per heavy atom. The molecule has 1 atom stereocenters. The minimum absolute atomic E-state index is 0.208. The fourth-order valence-corrected chi connectivity index (χ4v) is 2.71. The van der Waals surface area contributed by atoms with Gasteiger partial charge in [0.25, 0.3) is 11.5 Å². The first-order valence-corrected chi connectivity index (χ1v) is 8.27. The van der Waals surface area contributed by atoms with Crippen LogP contribution in [0, 0.1) is 10.7 Å². The van der Waals surface area contributed by atoms with E-state index >= 15 is 0 Å². The molecule has 25 heavy (non-hydrogen) atoms. The molecule has 1 heterocycles. The SMILES string of the molecule is COC(=O)C(CC(C)C)NC(=O)c1ccc2c(=O)n(C)c(=S)[nH]c2c1. The monoisotopic (exact) mass is 363 g/mol. The molecular weight excluding hydrogens is 342 g/mol. The lowest BCUT2D eigenvalue weighted by molar-refractivity contribution is -0.143. The van der Waals surface area contributed by atoms with Crippen LogP contribution in [-0.4, -0.2) is 34.6 Å². The number of carbonyl (C=O) groups is 2. The highest BCUT2D eigenvalue weighted by Gasteiger charge is 2.23. The molecule has 8 heteroatoms. The van der Waals surface area contributed by atoms with E-state index in [-0.39, 0.29) is 16.2 Å². The van der Waals surface area contributed by atoms with Crippen molar-refractivity contribution < 1.29 is 14.3 Å². The van der Waals surface area contributed by atoms with Gasteiger partial charge in [0, 0.05) is 12.6 Å². The molecule has 2 rings (SSSR count). The van der Waals surface area contributed by atoms with Crippen LogP contribution in [0.2, 0.25) is 0 Å². The standard InChI is InChI=1S/C17H21N3O4S/c1-9(2)7-13(16(23)24-4)18-14(21)10-5-6-11-12(8-10)19-17(25)20(3)15(11)22/h5-6,8-9,13H,7H2,1-4H3,(H,18,21)(H,19,25). The van der Waals surface area contributed by atoms with Gasteiger partial charge in [-0.2, -0.15) is 0 Å². The Hall–Kier alpha value is -2.48. The summed E-state index contributed by atoms with van der Waals surface area (Å²) in [5.41, 5.74) is 0.557. The third-order valence-corrected chi connectivity index (χ3v) is 4.24. The number of amides is 1. The molecule has 0 bridgehead atoms. The Kier molecular flexibility index (Phi) is 5.73. The van der Waals surface area contributed by atoms with E-state index in [1.165, 1.54) is 11.7 Å². The zero-order valence-corrected chi connectivity index (χ0v) is 15.4. The number of hydrogen-bond acceptors (Lipinski definition) is 5. The van der Waals surface area contributed by atoms with Crippen LogP contribution in [0.1, 0.15) is 30.6 Å². The van der Waals surface area contributed by atoms with Crippen LogP contribution >= 0.6 is 12.2 Å². The molecule has 0 fully saturated rings. The van der Waals surface area contributed by atoms with Crippen molar-refractivity contribution in [2.45, 2.75) is 26.3 Å². The highest BCUT2D eigenvalue weighted by Crippen LogP contribution is 2.12. The van der Waals surface area contributed by atoms with Crippen molar-refractivity contribution in [3.63, 3.8) is 0 Å². The molecule has 0 spiro atoms. The summed E-state index contributed by atoms with van der Waals surface area (Å²) < 4.78 is 6.34. The molecule has 1 aromatic heterocycles. The second kappa shape index (κ2) is 7.60. The van der Waals surface area contributed by atoms with Crippen LogP contribution in [0.3, 0.4) is 0 Å². The molecule has 0 radical (unpaired) electrons. The summed E-state index contributed by atoms with van der Waals surface area (Å²) in [6.07, 6.45) is 0.467.